The molecule has 0 aromatic heterocycles. The molecule has 0 radical (unpaired) electrons. The molecular weight excluding hydrogens is 319 g/mol. The maximum atomic E-state index is 13.6. The predicted octanol–water partition coefficient (Wildman–Crippen LogP) is 3.49. The maximum absolute atomic E-state index is 13.6. The lowest BCUT2D eigenvalue weighted by Crippen LogP contribution is -2.17. The lowest BCUT2D eigenvalue weighted by atomic mass is 10.1. The van der Waals surface area contributed by atoms with E-state index < -0.39 is 11.7 Å². The van der Waals surface area contributed by atoms with Crippen LogP contribution in [0, 0.1) is 5.82 Å². The largest absolute Gasteiger partial charge is 0.355 e. The maximum Gasteiger partial charge on any atom is 0.251 e. The smallest absolute Gasteiger partial charge is 0.251 e. The molecule has 2 rings (SSSR count). The molecule has 0 unspecified atom stereocenters. The predicted molar refractivity (Wildman–Crippen MR) is 88.9 cm³/mol. The Kier molecular flexibility index (Phi) is 5.49. The van der Waals surface area contributed by atoms with Gasteiger partial charge in [-0.3, -0.25) is 9.59 Å². The van der Waals surface area contributed by atoms with E-state index in [-0.39, 0.29) is 16.6 Å². The third-order valence-corrected chi connectivity index (χ3v) is 3.25. The summed E-state index contributed by atoms with van der Waals surface area (Å²) in [5, 5.41) is 5.20. The zero-order valence-electron chi connectivity index (χ0n) is 12.3. The summed E-state index contributed by atoms with van der Waals surface area (Å²) < 4.78 is 13.6. The number of hydrogen-bond donors (Lipinski definition) is 2. The summed E-state index contributed by atoms with van der Waals surface area (Å²) in [7, 11) is 1.55. The number of rotatable bonds is 4. The van der Waals surface area contributed by atoms with Crippen LogP contribution in [0.1, 0.15) is 15.9 Å². The highest BCUT2D eigenvalue weighted by Gasteiger charge is 2.05. The first kappa shape index (κ1) is 16.7. The number of carbonyl (C=O) groups is 2. The molecule has 4 nitrogen and oxygen atoms in total. The number of halogens is 2. The van der Waals surface area contributed by atoms with Crippen molar-refractivity contribution in [1.82, 2.24) is 5.32 Å². The van der Waals surface area contributed by atoms with Gasteiger partial charge in [0.1, 0.15) is 5.82 Å². The Bertz CT molecular complexity index is 758. The SMILES string of the molecule is CNC(=O)c1ccc(/C=C/C(=O)Nc2ccc(Cl)cc2F)cc1. The van der Waals surface area contributed by atoms with Crippen molar-refractivity contribution in [2.75, 3.05) is 12.4 Å². The molecule has 0 aliphatic heterocycles. The molecule has 0 fully saturated rings. The van der Waals surface area contributed by atoms with Crippen LogP contribution < -0.4 is 10.6 Å². The Morgan fingerprint density at radius 1 is 1.13 bits per heavy atom. The van der Waals surface area contributed by atoms with E-state index >= 15 is 0 Å². The fourth-order valence-electron chi connectivity index (χ4n) is 1.83. The summed E-state index contributed by atoms with van der Waals surface area (Å²) in [5.74, 6) is -1.26. The van der Waals surface area contributed by atoms with Crippen LogP contribution in [-0.2, 0) is 4.79 Å². The van der Waals surface area contributed by atoms with Crippen molar-refractivity contribution in [3.63, 3.8) is 0 Å². The van der Waals surface area contributed by atoms with Gasteiger partial charge in [-0.2, -0.15) is 0 Å². The fourth-order valence-corrected chi connectivity index (χ4v) is 1.99. The van der Waals surface area contributed by atoms with E-state index in [0.717, 1.165) is 11.6 Å². The standard InChI is InChI=1S/C17H14ClFN2O2/c1-20-17(23)12-5-2-11(3-6-12)4-9-16(22)21-15-8-7-13(18)10-14(15)19/h2-10H,1H3,(H,20,23)(H,21,22)/b9-4+. The van der Waals surface area contributed by atoms with Gasteiger partial charge in [0, 0.05) is 23.7 Å². The minimum atomic E-state index is -0.603. The third kappa shape index (κ3) is 4.66. The molecule has 0 aliphatic carbocycles. The molecule has 2 aromatic rings. The second-order valence-electron chi connectivity index (χ2n) is 4.65. The van der Waals surface area contributed by atoms with Crippen LogP contribution >= 0.6 is 11.6 Å². The Morgan fingerprint density at radius 2 is 1.83 bits per heavy atom. The van der Waals surface area contributed by atoms with Crippen LogP contribution in [0.15, 0.2) is 48.5 Å². The van der Waals surface area contributed by atoms with Gasteiger partial charge < -0.3 is 10.6 Å². The van der Waals surface area contributed by atoms with Gasteiger partial charge in [-0.1, -0.05) is 23.7 Å². The number of benzene rings is 2. The molecule has 23 heavy (non-hydrogen) atoms. The number of anilines is 1. The van der Waals surface area contributed by atoms with Crippen molar-refractivity contribution in [2.24, 2.45) is 0 Å². The van der Waals surface area contributed by atoms with Crippen molar-refractivity contribution in [3.8, 4) is 0 Å². The second-order valence-corrected chi connectivity index (χ2v) is 5.08. The first-order chi connectivity index (χ1) is 11.0. The molecule has 2 N–H and O–H groups in total. The average Bonchev–Trinajstić information content (AvgIpc) is 2.55. The second kappa shape index (κ2) is 7.56. The van der Waals surface area contributed by atoms with Crippen LogP contribution in [0.3, 0.4) is 0 Å². The van der Waals surface area contributed by atoms with E-state index in [0.29, 0.717) is 5.56 Å². The van der Waals surface area contributed by atoms with E-state index in [1.807, 2.05) is 0 Å². The summed E-state index contributed by atoms with van der Waals surface area (Å²) in [5.41, 5.74) is 1.32. The van der Waals surface area contributed by atoms with Gasteiger partial charge in [-0.15, -0.1) is 0 Å². The van der Waals surface area contributed by atoms with E-state index in [9.17, 15) is 14.0 Å². The van der Waals surface area contributed by atoms with Crippen LogP contribution in [0.2, 0.25) is 5.02 Å². The van der Waals surface area contributed by atoms with E-state index in [1.54, 1.807) is 37.4 Å². The Morgan fingerprint density at radius 3 is 2.43 bits per heavy atom. The lowest BCUT2D eigenvalue weighted by molar-refractivity contribution is -0.111. The highest BCUT2D eigenvalue weighted by atomic mass is 35.5. The van der Waals surface area contributed by atoms with Gasteiger partial charge in [0.05, 0.1) is 5.69 Å². The monoisotopic (exact) mass is 332 g/mol. The summed E-state index contributed by atoms with van der Waals surface area (Å²) in [6.07, 6.45) is 2.85. The van der Waals surface area contributed by atoms with Crippen molar-refractivity contribution in [3.05, 3.63) is 70.5 Å². The minimum Gasteiger partial charge on any atom is -0.355 e. The van der Waals surface area contributed by atoms with Crippen molar-refractivity contribution in [1.29, 1.82) is 0 Å². The van der Waals surface area contributed by atoms with E-state index in [4.69, 9.17) is 11.6 Å². The first-order valence-corrected chi connectivity index (χ1v) is 7.13. The van der Waals surface area contributed by atoms with Gasteiger partial charge in [0.25, 0.3) is 5.91 Å². The van der Waals surface area contributed by atoms with Crippen LogP contribution in [0.25, 0.3) is 6.08 Å². The normalized spacial score (nSPS) is 10.6. The minimum absolute atomic E-state index is 0.0546. The van der Waals surface area contributed by atoms with Crippen molar-refractivity contribution < 1.29 is 14.0 Å². The van der Waals surface area contributed by atoms with E-state index in [2.05, 4.69) is 10.6 Å². The van der Waals surface area contributed by atoms with Crippen LogP contribution in [0.5, 0.6) is 0 Å². The molecule has 0 bridgehead atoms. The summed E-state index contributed by atoms with van der Waals surface area (Å²) in [6.45, 7) is 0. The van der Waals surface area contributed by atoms with Gasteiger partial charge in [-0.25, -0.2) is 4.39 Å². The molecule has 2 aromatic carbocycles. The number of carbonyl (C=O) groups excluding carboxylic acids is 2. The van der Waals surface area contributed by atoms with Crippen molar-refractivity contribution in [2.45, 2.75) is 0 Å². The zero-order valence-corrected chi connectivity index (χ0v) is 13.0. The first-order valence-electron chi connectivity index (χ1n) is 6.76. The molecule has 0 saturated heterocycles. The van der Waals surface area contributed by atoms with Crippen LogP contribution in [0.4, 0.5) is 10.1 Å². The highest BCUT2D eigenvalue weighted by Crippen LogP contribution is 2.18. The van der Waals surface area contributed by atoms with E-state index in [1.165, 1.54) is 18.2 Å². The molecule has 0 spiro atoms. The van der Waals surface area contributed by atoms with Crippen LogP contribution in [-0.4, -0.2) is 18.9 Å². The lowest BCUT2D eigenvalue weighted by Gasteiger charge is -2.04. The molecule has 0 heterocycles. The summed E-state index contributed by atoms with van der Waals surface area (Å²) >= 11 is 5.65. The quantitative estimate of drug-likeness (QED) is 0.842. The summed E-state index contributed by atoms with van der Waals surface area (Å²) in [4.78, 5) is 23.2. The molecular formula is C17H14ClFN2O2. The molecule has 6 heteroatoms. The number of nitrogens with one attached hydrogen (secondary N) is 2. The highest BCUT2D eigenvalue weighted by molar-refractivity contribution is 6.30. The molecule has 2 amide bonds. The Labute approximate surface area is 138 Å². The Hall–Kier alpha value is -2.66. The van der Waals surface area contributed by atoms with Gasteiger partial charge >= 0.3 is 0 Å². The molecule has 0 atom stereocenters. The number of amides is 2. The average molecular weight is 333 g/mol. The topological polar surface area (TPSA) is 58.2 Å². The van der Waals surface area contributed by atoms with Gasteiger partial charge in [0.15, 0.2) is 0 Å². The molecule has 0 aliphatic rings. The molecule has 0 saturated carbocycles. The summed E-state index contributed by atoms with van der Waals surface area (Å²) in [6, 6.07) is 10.7. The number of hydrogen-bond acceptors (Lipinski definition) is 2. The van der Waals surface area contributed by atoms with Gasteiger partial charge in [0.2, 0.25) is 5.91 Å². The third-order valence-electron chi connectivity index (χ3n) is 3.02. The molecule has 118 valence electrons. The zero-order chi connectivity index (χ0) is 16.8. The Balaban J connectivity index is 2.02. The van der Waals surface area contributed by atoms with Gasteiger partial charge in [-0.05, 0) is 42.0 Å². The van der Waals surface area contributed by atoms with Crippen molar-refractivity contribution >= 4 is 35.2 Å². The fraction of sp³-hybridized carbons (Fsp3) is 0.0588.